The smallest absolute Gasteiger partial charge is 0.115 e. The number of thiophene rings is 1. The van der Waals surface area contributed by atoms with E-state index in [1.54, 1.807) is 23.5 Å². The Morgan fingerprint density at radius 2 is 2.31 bits per heavy atom. The Labute approximate surface area is 81.3 Å². The molecule has 2 heteroatoms. The highest BCUT2D eigenvalue weighted by molar-refractivity contribution is 7.09. The fraction of sp³-hybridized carbons (Fsp3) is 0.0909. The Hall–Kier alpha value is -1.28. The van der Waals surface area contributed by atoms with E-state index >= 15 is 0 Å². The van der Waals surface area contributed by atoms with Crippen LogP contribution in [0.15, 0.2) is 35.7 Å². The van der Waals surface area contributed by atoms with Crippen LogP contribution in [0.1, 0.15) is 10.4 Å². The highest BCUT2D eigenvalue weighted by atomic mass is 32.1. The van der Waals surface area contributed by atoms with Gasteiger partial charge in [0.2, 0.25) is 0 Å². The first-order valence-electron chi connectivity index (χ1n) is 4.06. The summed E-state index contributed by atoms with van der Waals surface area (Å²) in [6, 6.07) is 12.4. The third-order valence-electron chi connectivity index (χ3n) is 1.80. The molecule has 0 saturated heterocycles. The fourth-order valence-corrected chi connectivity index (χ4v) is 1.91. The van der Waals surface area contributed by atoms with Crippen LogP contribution in [0.25, 0.3) is 0 Å². The second-order valence-corrected chi connectivity index (χ2v) is 3.84. The molecule has 1 aromatic carbocycles. The Bertz CT molecular complexity index is 379. The third-order valence-corrected chi connectivity index (χ3v) is 2.62. The molecule has 0 saturated carbocycles. The maximum absolute atomic E-state index is 9.23. The standard InChI is InChI=1S/C11H9OS/c12-10-4-1-3-9(7-10)8-11-5-2-6-13-11/h1-4,6-7,12H,8H2. The molecule has 1 heterocycles. The van der Waals surface area contributed by atoms with Crippen LogP contribution in [0.4, 0.5) is 0 Å². The van der Waals surface area contributed by atoms with Gasteiger partial charge in [0.25, 0.3) is 0 Å². The van der Waals surface area contributed by atoms with E-state index in [0.717, 1.165) is 12.0 Å². The predicted molar refractivity (Wildman–Crippen MR) is 54.1 cm³/mol. The first-order valence-corrected chi connectivity index (χ1v) is 4.94. The molecule has 1 aromatic heterocycles. The minimum absolute atomic E-state index is 0.328. The van der Waals surface area contributed by atoms with Crippen molar-refractivity contribution in [3.8, 4) is 5.75 Å². The number of aromatic hydroxyl groups is 1. The van der Waals surface area contributed by atoms with E-state index in [-0.39, 0.29) is 0 Å². The molecule has 1 radical (unpaired) electrons. The highest BCUT2D eigenvalue weighted by Crippen LogP contribution is 2.17. The van der Waals surface area contributed by atoms with Gasteiger partial charge in [0.05, 0.1) is 0 Å². The van der Waals surface area contributed by atoms with Crippen molar-refractivity contribution < 1.29 is 5.11 Å². The average molecular weight is 189 g/mol. The first kappa shape index (κ1) is 8.32. The molecule has 0 bridgehead atoms. The molecular formula is C11H9OS. The monoisotopic (exact) mass is 189 g/mol. The molecular weight excluding hydrogens is 180 g/mol. The van der Waals surface area contributed by atoms with Gasteiger partial charge in [-0.05, 0) is 35.2 Å². The minimum Gasteiger partial charge on any atom is -0.508 e. The fourth-order valence-electron chi connectivity index (χ4n) is 1.22. The quantitative estimate of drug-likeness (QED) is 0.770. The van der Waals surface area contributed by atoms with Crippen molar-refractivity contribution in [2.45, 2.75) is 6.42 Å². The number of phenolic OH excluding ortho intramolecular Hbond substituents is 1. The first-order chi connectivity index (χ1) is 6.34. The van der Waals surface area contributed by atoms with Crippen molar-refractivity contribution in [3.05, 3.63) is 52.2 Å². The van der Waals surface area contributed by atoms with Gasteiger partial charge in [0.1, 0.15) is 5.75 Å². The number of hydrogen-bond acceptors (Lipinski definition) is 2. The second-order valence-electron chi connectivity index (χ2n) is 2.83. The van der Waals surface area contributed by atoms with Crippen molar-refractivity contribution >= 4 is 11.3 Å². The van der Waals surface area contributed by atoms with Crippen LogP contribution in [0.5, 0.6) is 5.75 Å². The van der Waals surface area contributed by atoms with Gasteiger partial charge in [-0.1, -0.05) is 12.1 Å². The number of rotatable bonds is 2. The number of phenols is 1. The third kappa shape index (κ3) is 2.10. The number of hydrogen-bond donors (Lipinski definition) is 1. The molecule has 1 nitrogen and oxygen atoms in total. The van der Waals surface area contributed by atoms with Gasteiger partial charge < -0.3 is 5.11 Å². The zero-order valence-electron chi connectivity index (χ0n) is 7.03. The Kier molecular flexibility index (Phi) is 2.32. The van der Waals surface area contributed by atoms with E-state index in [4.69, 9.17) is 0 Å². The van der Waals surface area contributed by atoms with Gasteiger partial charge in [0.15, 0.2) is 0 Å². The second kappa shape index (κ2) is 3.62. The Morgan fingerprint density at radius 3 is 3.00 bits per heavy atom. The lowest BCUT2D eigenvalue weighted by Gasteiger charge is -1.98. The van der Waals surface area contributed by atoms with Crippen LogP contribution >= 0.6 is 11.3 Å². The van der Waals surface area contributed by atoms with Crippen LogP contribution in [0, 0.1) is 6.07 Å². The summed E-state index contributed by atoms with van der Waals surface area (Å²) in [5.41, 5.74) is 1.12. The van der Waals surface area contributed by atoms with Crippen LogP contribution in [0.3, 0.4) is 0 Å². The van der Waals surface area contributed by atoms with Crippen LogP contribution in [-0.4, -0.2) is 5.11 Å². The Morgan fingerprint density at radius 1 is 1.38 bits per heavy atom. The SMILES string of the molecule is Oc1cccc(Cc2[c]ccs2)c1. The van der Waals surface area contributed by atoms with Crippen molar-refractivity contribution in [2.24, 2.45) is 0 Å². The van der Waals surface area contributed by atoms with E-state index in [0.29, 0.717) is 5.75 Å². The highest BCUT2D eigenvalue weighted by Gasteiger charge is 1.97. The van der Waals surface area contributed by atoms with Crippen molar-refractivity contribution in [1.82, 2.24) is 0 Å². The summed E-state index contributed by atoms with van der Waals surface area (Å²) in [4.78, 5) is 1.20. The zero-order chi connectivity index (χ0) is 9.10. The lowest BCUT2D eigenvalue weighted by molar-refractivity contribution is 0.474. The molecule has 0 unspecified atom stereocenters. The molecule has 0 aliphatic heterocycles. The molecule has 0 aliphatic rings. The van der Waals surface area contributed by atoms with Crippen molar-refractivity contribution in [1.29, 1.82) is 0 Å². The summed E-state index contributed by atoms with van der Waals surface area (Å²) in [6.07, 6.45) is 0.853. The van der Waals surface area contributed by atoms with E-state index in [1.165, 1.54) is 4.88 Å². The largest absolute Gasteiger partial charge is 0.508 e. The summed E-state index contributed by atoms with van der Waals surface area (Å²) < 4.78 is 0. The zero-order valence-corrected chi connectivity index (χ0v) is 7.84. The van der Waals surface area contributed by atoms with Gasteiger partial charge in [-0.25, -0.2) is 0 Å². The maximum Gasteiger partial charge on any atom is 0.115 e. The molecule has 2 rings (SSSR count). The van der Waals surface area contributed by atoms with E-state index in [2.05, 4.69) is 6.07 Å². The van der Waals surface area contributed by atoms with E-state index < -0.39 is 0 Å². The van der Waals surface area contributed by atoms with Crippen LogP contribution in [-0.2, 0) is 6.42 Å². The molecule has 13 heavy (non-hydrogen) atoms. The lowest BCUT2D eigenvalue weighted by atomic mass is 10.1. The molecule has 0 amide bonds. The van der Waals surface area contributed by atoms with Gasteiger partial charge >= 0.3 is 0 Å². The van der Waals surface area contributed by atoms with E-state index in [9.17, 15) is 5.11 Å². The van der Waals surface area contributed by atoms with Gasteiger partial charge in [0, 0.05) is 11.3 Å². The molecule has 0 spiro atoms. The molecule has 0 aliphatic carbocycles. The predicted octanol–water partition coefficient (Wildman–Crippen LogP) is 2.84. The summed E-state index contributed by atoms with van der Waals surface area (Å²) in [5, 5.41) is 11.2. The lowest BCUT2D eigenvalue weighted by Crippen LogP contribution is -1.83. The van der Waals surface area contributed by atoms with Crippen molar-refractivity contribution in [2.75, 3.05) is 0 Å². The van der Waals surface area contributed by atoms with Gasteiger partial charge in [-0.2, -0.15) is 0 Å². The van der Waals surface area contributed by atoms with Crippen LogP contribution < -0.4 is 0 Å². The normalized spacial score (nSPS) is 10.2. The minimum atomic E-state index is 0.328. The summed E-state index contributed by atoms with van der Waals surface area (Å²) in [6.45, 7) is 0. The maximum atomic E-state index is 9.23. The van der Waals surface area contributed by atoms with Crippen LogP contribution in [0.2, 0.25) is 0 Å². The van der Waals surface area contributed by atoms with E-state index in [1.807, 2.05) is 23.6 Å². The summed E-state index contributed by atoms with van der Waals surface area (Å²) in [7, 11) is 0. The molecule has 2 aromatic rings. The summed E-state index contributed by atoms with van der Waals surface area (Å²) >= 11 is 1.69. The average Bonchev–Trinajstić information content (AvgIpc) is 2.57. The molecule has 65 valence electrons. The topological polar surface area (TPSA) is 20.2 Å². The van der Waals surface area contributed by atoms with Gasteiger partial charge in [-0.3, -0.25) is 0 Å². The summed E-state index contributed by atoms with van der Waals surface area (Å²) in [5.74, 6) is 0.328. The molecule has 0 atom stereocenters. The number of benzene rings is 1. The Balaban J connectivity index is 2.19. The molecule has 0 fully saturated rings. The molecule has 1 N–H and O–H groups in total. The van der Waals surface area contributed by atoms with Gasteiger partial charge in [-0.15, -0.1) is 11.3 Å². The van der Waals surface area contributed by atoms with Crippen molar-refractivity contribution in [3.63, 3.8) is 0 Å².